The van der Waals surface area contributed by atoms with Gasteiger partial charge in [-0.25, -0.2) is 4.79 Å². The fourth-order valence-corrected chi connectivity index (χ4v) is 4.09. The van der Waals surface area contributed by atoms with Crippen LogP contribution in [0.25, 0.3) is 5.69 Å². The molecule has 0 unspecified atom stereocenters. The van der Waals surface area contributed by atoms with Crippen LogP contribution in [0, 0.1) is 0 Å². The first-order chi connectivity index (χ1) is 13.7. The van der Waals surface area contributed by atoms with Gasteiger partial charge in [0.15, 0.2) is 0 Å². The second-order valence-electron chi connectivity index (χ2n) is 7.70. The van der Waals surface area contributed by atoms with E-state index in [2.05, 4.69) is 5.32 Å². The summed E-state index contributed by atoms with van der Waals surface area (Å²) in [5.74, 6) is 0.0337. The van der Waals surface area contributed by atoms with E-state index in [1.54, 1.807) is 0 Å². The van der Waals surface area contributed by atoms with E-state index in [-0.39, 0.29) is 11.9 Å². The smallest absolute Gasteiger partial charge is 0.317 e. The van der Waals surface area contributed by atoms with Gasteiger partial charge in [-0.15, -0.1) is 0 Å². The van der Waals surface area contributed by atoms with Gasteiger partial charge in [-0.3, -0.25) is 4.79 Å². The molecule has 148 valence electrons. The van der Waals surface area contributed by atoms with Crippen molar-refractivity contribution >= 4 is 11.9 Å². The van der Waals surface area contributed by atoms with Gasteiger partial charge in [-0.2, -0.15) is 0 Å². The number of carbonyl (C=O) groups is 2. The summed E-state index contributed by atoms with van der Waals surface area (Å²) >= 11 is 0. The number of urea groups is 1. The van der Waals surface area contributed by atoms with Crippen molar-refractivity contribution in [1.29, 1.82) is 0 Å². The molecule has 2 heterocycles. The monoisotopic (exact) mass is 380 g/mol. The second-order valence-corrected chi connectivity index (χ2v) is 7.70. The number of nitrogens with one attached hydrogen (secondary N) is 1. The van der Waals surface area contributed by atoms with Crippen LogP contribution in [0.15, 0.2) is 48.8 Å². The van der Waals surface area contributed by atoms with Gasteiger partial charge in [0.1, 0.15) is 0 Å². The maximum Gasteiger partial charge on any atom is 0.317 e. The zero-order chi connectivity index (χ0) is 19.3. The van der Waals surface area contributed by atoms with E-state index in [9.17, 15) is 9.59 Å². The molecule has 1 saturated carbocycles. The molecule has 1 saturated heterocycles. The highest BCUT2D eigenvalue weighted by Crippen LogP contribution is 2.18. The number of aromatic nitrogens is 1. The van der Waals surface area contributed by atoms with E-state index in [0.717, 1.165) is 18.5 Å². The first kappa shape index (κ1) is 18.6. The van der Waals surface area contributed by atoms with Crippen LogP contribution in [0.2, 0.25) is 0 Å². The van der Waals surface area contributed by atoms with Crippen LogP contribution < -0.4 is 5.32 Å². The Kier molecular flexibility index (Phi) is 5.65. The molecule has 0 bridgehead atoms. The largest absolute Gasteiger partial charge is 0.335 e. The lowest BCUT2D eigenvalue weighted by Crippen LogP contribution is -2.54. The number of rotatable bonds is 3. The third-order valence-corrected chi connectivity index (χ3v) is 5.80. The molecular formula is C22H28N4O2. The Morgan fingerprint density at radius 2 is 1.43 bits per heavy atom. The Bertz CT molecular complexity index is 786. The van der Waals surface area contributed by atoms with Gasteiger partial charge in [-0.05, 0) is 49.2 Å². The molecule has 1 N–H and O–H groups in total. The number of carbonyl (C=O) groups excluding carboxylic acids is 2. The van der Waals surface area contributed by atoms with Crippen molar-refractivity contribution in [2.75, 3.05) is 26.2 Å². The van der Waals surface area contributed by atoms with Crippen molar-refractivity contribution < 1.29 is 9.59 Å². The van der Waals surface area contributed by atoms with Crippen LogP contribution in [0.1, 0.15) is 42.5 Å². The predicted octanol–water partition coefficient (Wildman–Crippen LogP) is 3.28. The molecule has 1 aliphatic carbocycles. The Hall–Kier alpha value is -2.76. The third-order valence-electron chi connectivity index (χ3n) is 5.80. The predicted molar refractivity (Wildman–Crippen MR) is 109 cm³/mol. The number of benzene rings is 1. The highest BCUT2D eigenvalue weighted by atomic mass is 16.2. The fraction of sp³-hybridized carbons (Fsp3) is 0.455. The summed E-state index contributed by atoms with van der Waals surface area (Å²) in [5.41, 5.74) is 1.72. The van der Waals surface area contributed by atoms with Gasteiger partial charge in [0.05, 0.1) is 0 Å². The molecule has 0 spiro atoms. The standard InChI is InChI=1S/C22H28N4O2/c27-21(18-8-10-20(11-9-18)24-12-4-5-13-24)25-14-16-26(17-15-25)22(28)23-19-6-2-1-3-7-19/h4-5,8-13,19H,1-3,6-7,14-17H2,(H,23,28). The molecule has 0 radical (unpaired) electrons. The molecular weight excluding hydrogens is 352 g/mol. The minimum atomic E-state index is 0.0232. The zero-order valence-electron chi connectivity index (χ0n) is 16.2. The summed E-state index contributed by atoms with van der Waals surface area (Å²) in [5, 5.41) is 3.17. The van der Waals surface area contributed by atoms with Gasteiger partial charge in [0.25, 0.3) is 5.91 Å². The van der Waals surface area contributed by atoms with E-state index in [1.165, 1.54) is 19.3 Å². The topological polar surface area (TPSA) is 57.6 Å². The molecule has 2 fully saturated rings. The van der Waals surface area contributed by atoms with E-state index < -0.39 is 0 Å². The summed E-state index contributed by atoms with van der Waals surface area (Å²) in [4.78, 5) is 28.9. The quantitative estimate of drug-likeness (QED) is 0.888. The molecule has 4 rings (SSSR count). The van der Waals surface area contributed by atoms with E-state index in [4.69, 9.17) is 0 Å². The maximum absolute atomic E-state index is 12.8. The first-order valence-electron chi connectivity index (χ1n) is 10.3. The normalized spacial score (nSPS) is 18.1. The summed E-state index contributed by atoms with van der Waals surface area (Å²) in [6.07, 6.45) is 9.82. The van der Waals surface area contributed by atoms with Crippen LogP contribution in [-0.2, 0) is 0 Å². The van der Waals surface area contributed by atoms with E-state index >= 15 is 0 Å². The third kappa shape index (κ3) is 4.21. The zero-order valence-corrected chi connectivity index (χ0v) is 16.2. The lowest BCUT2D eigenvalue weighted by Gasteiger charge is -2.36. The number of amides is 3. The van der Waals surface area contributed by atoms with Gasteiger partial charge < -0.3 is 19.7 Å². The number of hydrogen-bond donors (Lipinski definition) is 1. The molecule has 2 aromatic rings. The number of nitrogens with zero attached hydrogens (tertiary/aromatic N) is 3. The van der Waals surface area contributed by atoms with Crippen molar-refractivity contribution in [3.63, 3.8) is 0 Å². The fourth-order valence-electron chi connectivity index (χ4n) is 4.09. The van der Waals surface area contributed by atoms with Crippen LogP contribution in [0.4, 0.5) is 4.79 Å². The van der Waals surface area contributed by atoms with Gasteiger partial charge in [-0.1, -0.05) is 19.3 Å². The van der Waals surface area contributed by atoms with Gasteiger partial charge in [0, 0.05) is 55.9 Å². The molecule has 28 heavy (non-hydrogen) atoms. The minimum Gasteiger partial charge on any atom is -0.335 e. The van der Waals surface area contributed by atoms with Gasteiger partial charge >= 0.3 is 6.03 Å². The average molecular weight is 380 g/mol. The van der Waals surface area contributed by atoms with Crippen LogP contribution >= 0.6 is 0 Å². The Morgan fingerprint density at radius 1 is 0.821 bits per heavy atom. The van der Waals surface area contributed by atoms with Crippen LogP contribution in [0.5, 0.6) is 0 Å². The van der Waals surface area contributed by atoms with E-state index in [0.29, 0.717) is 37.8 Å². The van der Waals surface area contributed by atoms with Crippen molar-refractivity contribution in [2.45, 2.75) is 38.1 Å². The van der Waals surface area contributed by atoms with Crippen molar-refractivity contribution in [3.8, 4) is 5.69 Å². The molecule has 6 nitrogen and oxygen atoms in total. The summed E-state index contributed by atoms with van der Waals surface area (Å²) in [7, 11) is 0. The highest BCUT2D eigenvalue weighted by Gasteiger charge is 2.26. The van der Waals surface area contributed by atoms with Crippen molar-refractivity contribution in [3.05, 3.63) is 54.4 Å². The van der Waals surface area contributed by atoms with E-state index in [1.807, 2.05) is 63.2 Å². The summed E-state index contributed by atoms with van der Waals surface area (Å²) in [6.45, 7) is 2.34. The SMILES string of the molecule is O=C(NC1CCCCC1)N1CCN(C(=O)c2ccc(-n3cccc3)cc2)CC1. The first-order valence-corrected chi connectivity index (χ1v) is 10.3. The van der Waals surface area contributed by atoms with Crippen LogP contribution in [0.3, 0.4) is 0 Å². The lowest BCUT2D eigenvalue weighted by molar-refractivity contribution is 0.0662. The molecule has 1 aromatic carbocycles. The Balaban J connectivity index is 1.29. The molecule has 1 aromatic heterocycles. The lowest BCUT2D eigenvalue weighted by atomic mass is 9.96. The van der Waals surface area contributed by atoms with Crippen molar-refractivity contribution in [1.82, 2.24) is 19.7 Å². The number of piperazine rings is 1. The van der Waals surface area contributed by atoms with Crippen LogP contribution in [-0.4, -0.2) is 58.5 Å². The average Bonchev–Trinajstić information content (AvgIpc) is 3.29. The van der Waals surface area contributed by atoms with Crippen molar-refractivity contribution in [2.24, 2.45) is 0 Å². The summed E-state index contributed by atoms with van der Waals surface area (Å²) < 4.78 is 2.01. The van der Waals surface area contributed by atoms with Gasteiger partial charge in [0.2, 0.25) is 0 Å². The molecule has 2 aliphatic rings. The minimum absolute atomic E-state index is 0.0232. The number of hydrogen-bond acceptors (Lipinski definition) is 2. The summed E-state index contributed by atoms with van der Waals surface area (Å²) in [6, 6.07) is 12.0. The highest BCUT2D eigenvalue weighted by molar-refractivity contribution is 5.94. The Labute approximate surface area is 166 Å². The molecule has 0 atom stereocenters. The molecule has 3 amide bonds. The molecule has 1 aliphatic heterocycles. The Morgan fingerprint density at radius 3 is 2.07 bits per heavy atom. The maximum atomic E-state index is 12.8. The molecule has 6 heteroatoms. The second kappa shape index (κ2) is 8.50.